The van der Waals surface area contributed by atoms with Crippen molar-refractivity contribution >= 4 is 0 Å². The molecule has 1 aromatic rings. The number of ether oxygens (including phenoxy) is 3. The lowest BCUT2D eigenvalue weighted by Crippen LogP contribution is -2.38. The van der Waals surface area contributed by atoms with Crippen LogP contribution >= 0.6 is 0 Å². The second kappa shape index (κ2) is 6.64. The molecule has 2 heterocycles. The van der Waals surface area contributed by atoms with Crippen molar-refractivity contribution in [2.24, 2.45) is 5.73 Å². The molecule has 0 bridgehead atoms. The minimum absolute atomic E-state index is 0.171. The predicted molar refractivity (Wildman–Crippen MR) is 80.6 cm³/mol. The van der Waals surface area contributed by atoms with Gasteiger partial charge < -0.3 is 19.9 Å². The van der Waals surface area contributed by atoms with Gasteiger partial charge in [0.15, 0.2) is 11.5 Å². The molecule has 2 unspecified atom stereocenters. The van der Waals surface area contributed by atoms with E-state index < -0.39 is 0 Å². The third kappa shape index (κ3) is 3.31. The number of likely N-dealkylation sites (N-methyl/N-ethyl adjacent to an activating group) is 1. The number of nitrogens with zero attached hydrogens (tertiary/aromatic N) is 1. The van der Waals surface area contributed by atoms with E-state index in [0.29, 0.717) is 19.4 Å². The van der Waals surface area contributed by atoms with Gasteiger partial charge in [-0.3, -0.25) is 4.90 Å². The first kappa shape index (κ1) is 14.6. The molecule has 0 aliphatic carbocycles. The van der Waals surface area contributed by atoms with Crippen molar-refractivity contribution in [3.05, 3.63) is 23.8 Å². The van der Waals surface area contributed by atoms with Gasteiger partial charge in [0, 0.05) is 25.7 Å². The molecule has 5 heteroatoms. The van der Waals surface area contributed by atoms with Gasteiger partial charge >= 0.3 is 0 Å². The fourth-order valence-corrected chi connectivity index (χ4v) is 3.09. The molecule has 21 heavy (non-hydrogen) atoms. The maximum atomic E-state index is 6.00. The van der Waals surface area contributed by atoms with Crippen molar-refractivity contribution in [2.45, 2.75) is 31.4 Å². The molecule has 2 aliphatic rings. The SMILES string of the molecule is CN(CC1CCCCO1)C(CN)c1ccc2c(c1)OCO2. The smallest absolute Gasteiger partial charge is 0.231 e. The molecule has 2 aliphatic heterocycles. The average molecular weight is 292 g/mol. The van der Waals surface area contributed by atoms with E-state index in [1.165, 1.54) is 18.4 Å². The molecule has 0 radical (unpaired) electrons. The van der Waals surface area contributed by atoms with Crippen LogP contribution in [0.3, 0.4) is 0 Å². The Balaban J connectivity index is 1.68. The van der Waals surface area contributed by atoms with Crippen LogP contribution in [0.4, 0.5) is 0 Å². The Labute approximate surface area is 126 Å². The van der Waals surface area contributed by atoms with Crippen molar-refractivity contribution in [3.8, 4) is 11.5 Å². The van der Waals surface area contributed by atoms with E-state index in [0.717, 1.165) is 31.1 Å². The van der Waals surface area contributed by atoms with E-state index in [-0.39, 0.29) is 6.04 Å². The number of nitrogens with two attached hydrogens (primary N) is 1. The Morgan fingerprint density at radius 2 is 2.14 bits per heavy atom. The van der Waals surface area contributed by atoms with Gasteiger partial charge in [-0.05, 0) is 44.0 Å². The van der Waals surface area contributed by atoms with Crippen LogP contribution in [0.5, 0.6) is 11.5 Å². The van der Waals surface area contributed by atoms with E-state index in [4.69, 9.17) is 19.9 Å². The molecule has 0 aromatic heterocycles. The summed E-state index contributed by atoms with van der Waals surface area (Å²) in [5.74, 6) is 1.63. The Morgan fingerprint density at radius 3 is 2.90 bits per heavy atom. The Hall–Kier alpha value is -1.30. The maximum Gasteiger partial charge on any atom is 0.231 e. The maximum absolute atomic E-state index is 6.00. The average Bonchev–Trinajstić information content (AvgIpc) is 2.96. The lowest BCUT2D eigenvalue weighted by atomic mass is 10.0. The van der Waals surface area contributed by atoms with Crippen LogP contribution in [0.2, 0.25) is 0 Å². The van der Waals surface area contributed by atoms with Gasteiger partial charge in [0.25, 0.3) is 0 Å². The highest BCUT2D eigenvalue weighted by atomic mass is 16.7. The second-order valence-electron chi connectivity index (χ2n) is 5.79. The summed E-state index contributed by atoms with van der Waals surface area (Å²) in [7, 11) is 2.11. The van der Waals surface area contributed by atoms with Crippen molar-refractivity contribution in [2.75, 3.05) is 33.5 Å². The first-order chi connectivity index (χ1) is 10.3. The summed E-state index contributed by atoms with van der Waals surface area (Å²) in [6.07, 6.45) is 3.91. The van der Waals surface area contributed by atoms with Gasteiger partial charge in [-0.15, -0.1) is 0 Å². The highest BCUT2D eigenvalue weighted by Crippen LogP contribution is 2.35. The van der Waals surface area contributed by atoms with Gasteiger partial charge in [0.2, 0.25) is 6.79 Å². The van der Waals surface area contributed by atoms with Crippen LogP contribution in [0, 0.1) is 0 Å². The third-order valence-electron chi connectivity index (χ3n) is 4.30. The topological polar surface area (TPSA) is 57.0 Å². The Morgan fingerprint density at radius 1 is 1.29 bits per heavy atom. The van der Waals surface area contributed by atoms with E-state index in [1.54, 1.807) is 0 Å². The van der Waals surface area contributed by atoms with Crippen molar-refractivity contribution in [1.82, 2.24) is 4.90 Å². The third-order valence-corrected chi connectivity index (χ3v) is 4.30. The van der Waals surface area contributed by atoms with Gasteiger partial charge in [0.1, 0.15) is 0 Å². The monoisotopic (exact) mass is 292 g/mol. The lowest BCUT2D eigenvalue weighted by molar-refractivity contribution is -0.00778. The zero-order valence-electron chi connectivity index (χ0n) is 12.6. The van der Waals surface area contributed by atoms with Crippen LogP contribution < -0.4 is 15.2 Å². The zero-order chi connectivity index (χ0) is 14.7. The highest BCUT2D eigenvalue weighted by Gasteiger charge is 2.23. The molecule has 0 saturated carbocycles. The molecule has 1 fully saturated rings. The van der Waals surface area contributed by atoms with E-state index in [1.807, 2.05) is 12.1 Å². The fraction of sp³-hybridized carbons (Fsp3) is 0.625. The summed E-state index contributed by atoms with van der Waals surface area (Å²) in [6.45, 7) is 2.67. The van der Waals surface area contributed by atoms with Gasteiger partial charge in [-0.2, -0.15) is 0 Å². The number of hydrogen-bond donors (Lipinski definition) is 1. The van der Waals surface area contributed by atoms with Crippen LogP contribution in [-0.2, 0) is 4.74 Å². The number of rotatable bonds is 5. The molecule has 2 atom stereocenters. The molecule has 116 valence electrons. The number of hydrogen-bond acceptors (Lipinski definition) is 5. The van der Waals surface area contributed by atoms with Crippen LogP contribution in [0.15, 0.2) is 18.2 Å². The first-order valence-corrected chi connectivity index (χ1v) is 7.69. The minimum Gasteiger partial charge on any atom is -0.454 e. The summed E-state index contributed by atoms with van der Waals surface area (Å²) < 4.78 is 16.6. The van der Waals surface area contributed by atoms with Gasteiger partial charge in [-0.1, -0.05) is 6.07 Å². The molecular formula is C16H24N2O3. The Kier molecular flexibility index (Phi) is 4.63. The quantitative estimate of drug-likeness (QED) is 0.898. The van der Waals surface area contributed by atoms with Gasteiger partial charge in [-0.25, -0.2) is 0 Å². The van der Waals surface area contributed by atoms with Crippen molar-refractivity contribution in [1.29, 1.82) is 0 Å². The predicted octanol–water partition coefficient (Wildman–Crippen LogP) is 1.92. The van der Waals surface area contributed by atoms with Crippen LogP contribution in [0.1, 0.15) is 30.9 Å². The molecule has 2 N–H and O–H groups in total. The molecule has 0 amide bonds. The summed E-state index contributed by atoms with van der Waals surface area (Å²) in [6, 6.07) is 6.25. The molecule has 0 spiro atoms. The molecule has 5 nitrogen and oxygen atoms in total. The molecule has 3 rings (SSSR count). The van der Waals surface area contributed by atoms with E-state index in [9.17, 15) is 0 Å². The summed E-state index contributed by atoms with van der Waals surface area (Å²) in [5.41, 5.74) is 7.17. The molecular weight excluding hydrogens is 268 g/mol. The lowest BCUT2D eigenvalue weighted by Gasteiger charge is -2.32. The van der Waals surface area contributed by atoms with E-state index in [2.05, 4.69) is 18.0 Å². The first-order valence-electron chi connectivity index (χ1n) is 7.69. The van der Waals surface area contributed by atoms with Crippen molar-refractivity contribution in [3.63, 3.8) is 0 Å². The van der Waals surface area contributed by atoms with Crippen molar-refractivity contribution < 1.29 is 14.2 Å². The normalized spacial score (nSPS) is 22.5. The molecule has 1 saturated heterocycles. The largest absolute Gasteiger partial charge is 0.454 e. The van der Waals surface area contributed by atoms with E-state index >= 15 is 0 Å². The van der Waals surface area contributed by atoms with Crippen LogP contribution in [0.25, 0.3) is 0 Å². The highest BCUT2D eigenvalue weighted by molar-refractivity contribution is 5.45. The number of fused-ring (bicyclic) bond motifs is 1. The Bertz CT molecular complexity index is 475. The molecule has 1 aromatic carbocycles. The summed E-state index contributed by atoms with van der Waals surface area (Å²) >= 11 is 0. The summed E-state index contributed by atoms with van der Waals surface area (Å²) in [4.78, 5) is 2.29. The van der Waals surface area contributed by atoms with Gasteiger partial charge in [0.05, 0.1) is 6.10 Å². The fourth-order valence-electron chi connectivity index (χ4n) is 3.09. The second-order valence-corrected chi connectivity index (χ2v) is 5.79. The number of benzene rings is 1. The standard InChI is InChI=1S/C16H24N2O3/c1-18(10-13-4-2-3-7-19-13)14(9-17)12-5-6-15-16(8-12)21-11-20-15/h5-6,8,13-14H,2-4,7,9-11,17H2,1H3. The minimum atomic E-state index is 0.171. The zero-order valence-corrected chi connectivity index (χ0v) is 12.6. The van der Waals surface area contributed by atoms with Crippen LogP contribution in [-0.4, -0.2) is 44.5 Å². The summed E-state index contributed by atoms with van der Waals surface area (Å²) in [5, 5.41) is 0.